The van der Waals surface area contributed by atoms with Crippen molar-refractivity contribution in [3.8, 4) is 5.69 Å². The predicted octanol–water partition coefficient (Wildman–Crippen LogP) is 3.67. The molecule has 1 aliphatic heterocycles. The molecular weight excluding hydrogens is 376 g/mol. The van der Waals surface area contributed by atoms with Crippen LogP contribution in [0, 0.1) is 5.92 Å². The molecule has 0 saturated carbocycles. The molecule has 0 radical (unpaired) electrons. The summed E-state index contributed by atoms with van der Waals surface area (Å²) in [6.45, 7) is 4.48. The van der Waals surface area contributed by atoms with Gasteiger partial charge < -0.3 is 14.8 Å². The number of nitrogens with one attached hydrogen (secondary N) is 1. The molecule has 6 heteroatoms. The van der Waals surface area contributed by atoms with Crippen LogP contribution in [0.3, 0.4) is 0 Å². The molecule has 2 amide bonds. The van der Waals surface area contributed by atoms with E-state index in [4.69, 9.17) is 0 Å². The summed E-state index contributed by atoms with van der Waals surface area (Å²) in [6.07, 6.45) is 6.58. The second-order valence-electron chi connectivity index (χ2n) is 7.72. The van der Waals surface area contributed by atoms with Crippen molar-refractivity contribution in [3.05, 3.63) is 78.4 Å². The molecule has 3 aromatic rings. The van der Waals surface area contributed by atoms with Gasteiger partial charge >= 0.3 is 0 Å². The Kier molecular flexibility index (Phi) is 5.65. The number of hydrogen-bond donors (Lipinski definition) is 1. The van der Waals surface area contributed by atoms with Crippen molar-refractivity contribution >= 4 is 17.5 Å². The van der Waals surface area contributed by atoms with Gasteiger partial charge in [-0.2, -0.15) is 0 Å². The van der Waals surface area contributed by atoms with Crippen molar-refractivity contribution in [1.29, 1.82) is 0 Å². The van der Waals surface area contributed by atoms with Crippen molar-refractivity contribution in [2.75, 3.05) is 11.4 Å². The minimum Gasteiger partial charge on any atom is -0.349 e. The topological polar surface area (TPSA) is 67.2 Å². The molecule has 2 aromatic carbocycles. The van der Waals surface area contributed by atoms with Crippen LogP contribution >= 0.6 is 0 Å². The third-order valence-electron chi connectivity index (χ3n) is 5.71. The van der Waals surface area contributed by atoms with E-state index in [-0.39, 0.29) is 30.2 Å². The number of hydrogen-bond acceptors (Lipinski definition) is 3. The summed E-state index contributed by atoms with van der Waals surface area (Å²) in [4.78, 5) is 31.1. The summed E-state index contributed by atoms with van der Waals surface area (Å²) < 4.78 is 1.93. The van der Waals surface area contributed by atoms with E-state index in [1.165, 1.54) is 5.56 Å². The van der Waals surface area contributed by atoms with Gasteiger partial charge in [-0.1, -0.05) is 31.2 Å². The van der Waals surface area contributed by atoms with Gasteiger partial charge in [-0.3, -0.25) is 9.59 Å². The van der Waals surface area contributed by atoms with Gasteiger partial charge in [-0.05, 0) is 48.7 Å². The van der Waals surface area contributed by atoms with E-state index in [9.17, 15) is 9.59 Å². The average Bonchev–Trinajstić information content (AvgIpc) is 3.44. The molecular formula is C24H26N4O2. The molecule has 0 bridgehead atoms. The summed E-state index contributed by atoms with van der Waals surface area (Å²) in [6, 6.07) is 15.9. The number of aryl methyl sites for hydroxylation is 1. The van der Waals surface area contributed by atoms with E-state index in [0.29, 0.717) is 6.54 Å². The highest BCUT2D eigenvalue weighted by molar-refractivity contribution is 6.00. The summed E-state index contributed by atoms with van der Waals surface area (Å²) in [5, 5.41) is 3.07. The molecule has 0 unspecified atom stereocenters. The number of imidazole rings is 1. The Labute approximate surface area is 176 Å². The van der Waals surface area contributed by atoms with E-state index < -0.39 is 0 Å². The van der Waals surface area contributed by atoms with E-state index in [1.54, 1.807) is 17.4 Å². The SMILES string of the molecule is CCc1ccc(N2C[C@H](C(=O)N[C@@H](C)c3ccc(-n4ccnc4)cc3)CC2=O)cc1. The molecule has 2 atom stereocenters. The number of benzene rings is 2. The first-order valence-electron chi connectivity index (χ1n) is 10.3. The zero-order valence-electron chi connectivity index (χ0n) is 17.3. The van der Waals surface area contributed by atoms with Gasteiger partial charge in [0.2, 0.25) is 11.8 Å². The van der Waals surface area contributed by atoms with Crippen molar-refractivity contribution in [2.24, 2.45) is 5.92 Å². The number of anilines is 1. The van der Waals surface area contributed by atoms with Crippen LogP contribution in [0.2, 0.25) is 0 Å². The zero-order valence-corrected chi connectivity index (χ0v) is 17.3. The van der Waals surface area contributed by atoms with Gasteiger partial charge in [0.25, 0.3) is 0 Å². The lowest BCUT2D eigenvalue weighted by Crippen LogP contribution is -2.34. The Balaban J connectivity index is 1.38. The largest absolute Gasteiger partial charge is 0.349 e. The Hall–Kier alpha value is -3.41. The molecule has 6 nitrogen and oxygen atoms in total. The summed E-state index contributed by atoms with van der Waals surface area (Å²) in [7, 11) is 0. The van der Waals surface area contributed by atoms with Crippen LogP contribution in [0.4, 0.5) is 5.69 Å². The molecule has 1 aliphatic rings. The highest BCUT2D eigenvalue weighted by Gasteiger charge is 2.35. The number of carbonyl (C=O) groups excluding carboxylic acids is 2. The molecule has 4 rings (SSSR count). The lowest BCUT2D eigenvalue weighted by atomic mass is 10.0. The summed E-state index contributed by atoms with van der Waals surface area (Å²) >= 11 is 0. The molecule has 1 N–H and O–H groups in total. The van der Waals surface area contributed by atoms with Crippen LogP contribution in [0.25, 0.3) is 5.69 Å². The van der Waals surface area contributed by atoms with Crippen molar-refractivity contribution in [2.45, 2.75) is 32.7 Å². The summed E-state index contributed by atoms with van der Waals surface area (Å²) in [5.41, 5.74) is 4.12. The number of carbonyl (C=O) groups is 2. The van der Waals surface area contributed by atoms with Crippen LogP contribution < -0.4 is 10.2 Å². The van der Waals surface area contributed by atoms with Crippen molar-refractivity contribution < 1.29 is 9.59 Å². The van der Waals surface area contributed by atoms with Crippen LogP contribution in [0.5, 0.6) is 0 Å². The van der Waals surface area contributed by atoms with Gasteiger partial charge in [0, 0.05) is 36.7 Å². The van der Waals surface area contributed by atoms with Gasteiger partial charge in [0.15, 0.2) is 0 Å². The van der Waals surface area contributed by atoms with Crippen LogP contribution in [-0.4, -0.2) is 27.9 Å². The predicted molar refractivity (Wildman–Crippen MR) is 116 cm³/mol. The smallest absolute Gasteiger partial charge is 0.227 e. The maximum Gasteiger partial charge on any atom is 0.227 e. The second kappa shape index (κ2) is 8.53. The maximum absolute atomic E-state index is 12.8. The van der Waals surface area contributed by atoms with E-state index in [2.05, 4.69) is 17.2 Å². The lowest BCUT2D eigenvalue weighted by Gasteiger charge is -2.19. The van der Waals surface area contributed by atoms with E-state index >= 15 is 0 Å². The van der Waals surface area contributed by atoms with Crippen molar-refractivity contribution in [1.82, 2.24) is 14.9 Å². The maximum atomic E-state index is 12.8. The Morgan fingerprint density at radius 3 is 2.47 bits per heavy atom. The van der Waals surface area contributed by atoms with E-state index in [1.807, 2.05) is 66.2 Å². The fraction of sp³-hybridized carbons (Fsp3) is 0.292. The first-order chi connectivity index (χ1) is 14.5. The Bertz CT molecular complexity index is 1010. The third kappa shape index (κ3) is 4.13. The second-order valence-corrected chi connectivity index (χ2v) is 7.72. The molecule has 0 aliphatic carbocycles. The van der Waals surface area contributed by atoms with E-state index in [0.717, 1.165) is 23.4 Å². The Morgan fingerprint density at radius 2 is 1.83 bits per heavy atom. The van der Waals surface area contributed by atoms with Crippen LogP contribution in [0.15, 0.2) is 67.3 Å². The zero-order chi connectivity index (χ0) is 21.1. The van der Waals surface area contributed by atoms with Gasteiger partial charge in [0.1, 0.15) is 0 Å². The fourth-order valence-corrected chi connectivity index (χ4v) is 3.81. The third-order valence-corrected chi connectivity index (χ3v) is 5.71. The lowest BCUT2D eigenvalue weighted by molar-refractivity contribution is -0.126. The number of nitrogens with zero attached hydrogens (tertiary/aromatic N) is 3. The molecule has 0 spiro atoms. The normalized spacial score (nSPS) is 17.2. The molecule has 1 saturated heterocycles. The molecule has 30 heavy (non-hydrogen) atoms. The number of rotatable bonds is 6. The van der Waals surface area contributed by atoms with Gasteiger partial charge in [-0.25, -0.2) is 4.98 Å². The number of aromatic nitrogens is 2. The minimum atomic E-state index is -0.337. The highest BCUT2D eigenvalue weighted by atomic mass is 16.2. The monoisotopic (exact) mass is 402 g/mol. The standard InChI is InChI=1S/C24H26N4O2/c1-3-18-4-8-22(9-5-18)28-15-20(14-23(28)29)24(30)26-17(2)19-6-10-21(11-7-19)27-13-12-25-16-27/h4-13,16-17,20H,3,14-15H2,1-2H3,(H,26,30)/t17-,20+/m0/s1. The first kappa shape index (κ1) is 19.9. The summed E-state index contributed by atoms with van der Waals surface area (Å²) in [5.74, 6) is -0.421. The molecule has 2 heterocycles. The van der Waals surface area contributed by atoms with Gasteiger partial charge in [0.05, 0.1) is 18.3 Å². The minimum absolute atomic E-state index is 0.00302. The van der Waals surface area contributed by atoms with Gasteiger partial charge in [-0.15, -0.1) is 0 Å². The van der Waals surface area contributed by atoms with Crippen molar-refractivity contribution in [3.63, 3.8) is 0 Å². The molecule has 1 aromatic heterocycles. The molecule has 1 fully saturated rings. The van der Waals surface area contributed by atoms with Crippen LogP contribution in [0.1, 0.15) is 37.4 Å². The Morgan fingerprint density at radius 1 is 1.13 bits per heavy atom. The number of amides is 2. The average molecular weight is 402 g/mol. The molecule has 154 valence electrons. The van der Waals surface area contributed by atoms with Crippen LogP contribution in [-0.2, 0) is 16.0 Å². The highest BCUT2D eigenvalue weighted by Crippen LogP contribution is 2.26. The quantitative estimate of drug-likeness (QED) is 0.684. The first-order valence-corrected chi connectivity index (χ1v) is 10.3. The fourth-order valence-electron chi connectivity index (χ4n) is 3.81.